The molecule has 1 saturated heterocycles. The Hall–Kier alpha value is -0.800. The van der Waals surface area contributed by atoms with Gasteiger partial charge in [-0.2, -0.15) is 13.1 Å². The summed E-state index contributed by atoms with van der Waals surface area (Å²) >= 11 is 1.04. The molecule has 9 heteroatoms. The largest absolute Gasteiger partial charge is 0.318 e. The third-order valence-corrected chi connectivity index (χ3v) is 6.12. The first-order chi connectivity index (χ1) is 9.64. The number of benzene rings is 1. The third kappa shape index (κ3) is 2.91. The van der Waals surface area contributed by atoms with Crippen molar-refractivity contribution in [2.75, 3.05) is 20.1 Å². The minimum absolute atomic E-state index is 0. The van der Waals surface area contributed by atoms with Crippen molar-refractivity contribution < 1.29 is 8.42 Å². The predicted molar refractivity (Wildman–Crippen MR) is 85.5 cm³/mol. The average molecular weight is 349 g/mol. The minimum atomic E-state index is -3.51. The molecule has 3 rings (SSSR count). The van der Waals surface area contributed by atoms with E-state index in [1.165, 1.54) is 0 Å². The summed E-state index contributed by atoms with van der Waals surface area (Å²) in [5.41, 5.74) is 1.12. The van der Waals surface area contributed by atoms with Crippen molar-refractivity contribution >= 4 is 45.2 Å². The molecule has 6 nitrogen and oxygen atoms in total. The van der Waals surface area contributed by atoms with E-state index in [-0.39, 0.29) is 23.3 Å². The van der Waals surface area contributed by atoms with Crippen molar-refractivity contribution in [1.29, 1.82) is 0 Å². The van der Waals surface area contributed by atoms with E-state index in [2.05, 4.69) is 14.1 Å². The SMILES string of the molecule is CNCC1CCCN1S(=O)(=O)c1cccc2nsnc12.Cl. The van der Waals surface area contributed by atoms with Gasteiger partial charge in [-0.15, -0.1) is 12.4 Å². The van der Waals surface area contributed by atoms with E-state index in [4.69, 9.17) is 0 Å². The summed E-state index contributed by atoms with van der Waals surface area (Å²) in [5, 5.41) is 3.06. The number of hydrogen-bond acceptors (Lipinski definition) is 6. The maximum Gasteiger partial charge on any atom is 0.245 e. The summed E-state index contributed by atoms with van der Waals surface area (Å²) in [6.45, 7) is 1.24. The van der Waals surface area contributed by atoms with E-state index in [1.54, 1.807) is 22.5 Å². The Kier molecular flexibility index (Phi) is 5.15. The lowest BCUT2D eigenvalue weighted by molar-refractivity contribution is 0.379. The van der Waals surface area contributed by atoms with E-state index in [1.807, 2.05) is 7.05 Å². The summed E-state index contributed by atoms with van der Waals surface area (Å²) in [7, 11) is -1.67. The highest BCUT2D eigenvalue weighted by molar-refractivity contribution is 7.89. The molecule has 1 aliphatic rings. The molecule has 0 saturated carbocycles. The van der Waals surface area contributed by atoms with Gasteiger partial charge in [-0.25, -0.2) is 8.42 Å². The van der Waals surface area contributed by atoms with Gasteiger partial charge >= 0.3 is 0 Å². The first-order valence-electron chi connectivity index (χ1n) is 6.52. The van der Waals surface area contributed by atoms with Crippen molar-refractivity contribution in [2.45, 2.75) is 23.8 Å². The van der Waals surface area contributed by atoms with E-state index in [0.717, 1.165) is 24.6 Å². The number of halogens is 1. The molecular formula is C12H17ClN4O2S2. The van der Waals surface area contributed by atoms with Crippen LogP contribution in [0, 0.1) is 0 Å². The Morgan fingerprint density at radius 3 is 3.00 bits per heavy atom. The van der Waals surface area contributed by atoms with Crippen LogP contribution in [0.15, 0.2) is 23.1 Å². The predicted octanol–water partition coefficient (Wildman–Crippen LogP) is 1.49. The Balaban J connectivity index is 0.00000161. The van der Waals surface area contributed by atoms with Gasteiger partial charge in [-0.05, 0) is 32.0 Å². The van der Waals surface area contributed by atoms with Crippen LogP contribution < -0.4 is 5.32 Å². The number of hydrogen-bond donors (Lipinski definition) is 1. The van der Waals surface area contributed by atoms with Crippen LogP contribution in [-0.4, -0.2) is 47.6 Å². The Morgan fingerprint density at radius 2 is 2.24 bits per heavy atom. The second kappa shape index (κ2) is 6.53. The van der Waals surface area contributed by atoms with Crippen molar-refractivity contribution in [3.63, 3.8) is 0 Å². The van der Waals surface area contributed by atoms with Crippen LogP contribution in [0.2, 0.25) is 0 Å². The number of aromatic nitrogens is 2. The summed E-state index contributed by atoms with van der Waals surface area (Å²) in [4.78, 5) is 0.270. The van der Waals surface area contributed by atoms with Gasteiger partial charge in [-0.1, -0.05) is 6.07 Å². The van der Waals surface area contributed by atoms with Crippen molar-refractivity contribution in [1.82, 2.24) is 18.4 Å². The molecule has 116 valence electrons. The van der Waals surface area contributed by atoms with E-state index in [0.29, 0.717) is 24.1 Å². The molecule has 0 aliphatic carbocycles. The number of sulfonamides is 1. The van der Waals surface area contributed by atoms with E-state index in [9.17, 15) is 8.42 Å². The van der Waals surface area contributed by atoms with Crippen LogP contribution in [0.1, 0.15) is 12.8 Å². The molecule has 1 unspecified atom stereocenters. The van der Waals surface area contributed by atoms with Gasteiger partial charge < -0.3 is 5.32 Å². The van der Waals surface area contributed by atoms with E-state index < -0.39 is 10.0 Å². The second-order valence-corrected chi connectivity index (χ2v) is 7.25. The first-order valence-corrected chi connectivity index (χ1v) is 8.69. The fourth-order valence-electron chi connectivity index (χ4n) is 2.68. The first kappa shape index (κ1) is 16.6. The van der Waals surface area contributed by atoms with Crippen LogP contribution in [0.5, 0.6) is 0 Å². The van der Waals surface area contributed by atoms with Crippen LogP contribution in [0.4, 0.5) is 0 Å². The van der Waals surface area contributed by atoms with Gasteiger partial charge in [0.25, 0.3) is 0 Å². The van der Waals surface area contributed by atoms with Crippen molar-refractivity contribution in [3.8, 4) is 0 Å². The molecule has 0 radical (unpaired) electrons. The summed E-state index contributed by atoms with van der Waals surface area (Å²) in [6.07, 6.45) is 1.79. The molecule has 1 N–H and O–H groups in total. The molecule has 1 aromatic carbocycles. The molecule has 1 aliphatic heterocycles. The lowest BCUT2D eigenvalue weighted by atomic mass is 10.2. The molecule has 0 spiro atoms. The zero-order valence-corrected chi connectivity index (χ0v) is 14.0. The molecule has 0 amide bonds. The molecule has 1 aromatic heterocycles. The van der Waals surface area contributed by atoms with Gasteiger partial charge in [0, 0.05) is 19.1 Å². The highest BCUT2D eigenvalue weighted by atomic mass is 35.5. The summed E-state index contributed by atoms with van der Waals surface area (Å²) in [6, 6.07) is 5.15. The zero-order chi connectivity index (χ0) is 14.2. The molecule has 2 heterocycles. The number of nitrogens with one attached hydrogen (secondary N) is 1. The third-order valence-electron chi connectivity index (χ3n) is 3.60. The monoisotopic (exact) mass is 348 g/mol. The van der Waals surface area contributed by atoms with Gasteiger partial charge in [0.15, 0.2) is 0 Å². The lowest BCUT2D eigenvalue weighted by Gasteiger charge is -2.23. The van der Waals surface area contributed by atoms with Crippen LogP contribution in [0.25, 0.3) is 11.0 Å². The quantitative estimate of drug-likeness (QED) is 0.906. The van der Waals surface area contributed by atoms with Gasteiger partial charge in [-0.3, -0.25) is 0 Å². The smallest absolute Gasteiger partial charge is 0.245 e. The van der Waals surface area contributed by atoms with Crippen LogP contribution in [0.3, 0.4) is 0 Å². The number of fused-ring (bicyclic) bond motifs is 1. The molecule has 0 bridgehead atoms. The Labute approximate surface area is 134 Å². The standard InChI is InChI=1S/C12H16N4O2S2.ClH/c1-13-8-9-4-3-7-16(9)20(17,18)11-6-2-5-10-12(11)15-19-14-10;/h2,5-6,9,13H,3-4,7-8H2,1H3;1H. The van der Waals surface area contributed by atoms with Gasteiger partial charge in [0.05, 0.1) is 11.7 Å². The summed E-state index contributed by atoms with van der Waals surface area (Å²) in [5.74, 6) is 0. The van der Waals surface area contributed by atoms with Gasteiger partial charge in [0.1, 0.15) is 15.9 Å². The minimum Gasteiger partial charge on any atom is -0.318 e. The Morgan fingerprint density at radius 1 is 1.43 bits per heavy atom. The number of nitrogens with zero attached hydrogens (tertiary/aromatic N) is 3. The number of likely N-dealkylation sites (N-methyl/N-ethyl adjacent to an activating group) is 1. The lowest BCUT2D eigenvalue weighted by Crippen LogP contribution is -2.40. The van der Waals surface area contributed by atoms with Crippen molar-refractivity contribution in [2.24, 2.45) is 0 Å². The topological polar surface area (TPSA) is 75.2 Å². The fourth-order valence-corrected chi connectivity index (χ4v) is 5.13. The van der Waals surface area contributed by atoms with Gasteiger partial charge in [0.2, 0.25) is 10.0 Å². The highest BCUT2D eigenvalue weighted by Crippen LogP contribution is 2.29. The fraction of sp³-hybridized carbons (Fsp3) is 0.500. The molecule has 1 fully saturated rings. The normalized spacial score (nSPS) is 19.8. The van der Waals surface area contributed by atoms with Crippen molar-refractivity contribution in [3.05, 3.63) is 18.2 Å². The maximum absolute atomic E-state index is 12.9. The maximum atomic E-state index is 12.9. The molecule has 2 aromatic rings. The molecule has 21 heavy (non-hydrogen) atoms. The highest BCUT2D eigenvalue weighted by Gasteiger charge is 2.36. The van der Waals surface area contributed by atoms with E-state index >= 15 is 0 Å². The summed E-state index contributed by atoms with van der Waals surface area (Å²) < 4.78 is 35.6. The second-order valence-electron chi connectivity index (χ2n) is 4.86. The Bertz CT molecular complexity index is 719. The van der Waals surface area contributed by atoms with Crippen LogP contribution >= 0.6 is 24.1 Å². The average Bonchev–Trinajstić information content (AvgIpc) is 3.06. The van der Waals surface area contributed by atoms with Crippen LogP contribution in [-0.2, 0) is 10.0 Å². The zero-order valence-electron chi connectivity index (χ0n) is 11.5. The molecular weight excluding hydrogens is 332 g/mol. The molecule has 1 atom stereocenters. The number of rotatable bonds is 4.